The van der Waals surface area contributed by atoms with E-state index >= 15 is 0 Å². The van der Waals surface area contributed by atoms with Crippen LogP contribution in [0.15, 0.2) is 12.8 Å². The van der Waals surface area contributed by atoms with Crippen molar-refractivity contribution in [3.8, 4) is 0 Å². The van der Waals surface area contributed by atoms with Crippen molar-refractivity contribution in [3.63, 3.8) is 0 Å². The number of aliphatic hydroxyl groups is 1. The number of hydrogen-bond donors (Lipinski definition) is 1. The summed E-state index contributed by atoms with van der Waals surface area (Å²) in [6, 6.07) is -0.117. The summed E-state index contributed by atoms with van der Waals surface area (Å²) in [6.45, 7) is 3.74. The molecule has 0 aromatic carbocycles. The van der Waals surface area contributed by atoms with Gasteiger partial charge in [0.05, 0.1) is 18.9 Å². The lowest BCUT2D eigenvalue weighted by atomic mass is 9.91. The fraction of sp³-hybridized carbons (Fsp3) is 0.778. The average molecular weight is 214 g/mol. The van der Waals surface area contributed by atoms with Gasteiger partial charge in [0.15, 0.2) is 18.0 Å². The molecule has 2 bridgehead atoms. The second kappa shape index (κ2) is 3.79. The van der Waals surface area contributed by atoms with E-state index in [4.69, 9.17) is 18.9 Å². The number of aliphatic hydroxyl groups excluding tert-OH is 1. The Morgan fingerprint density at radius 2 is 2.40 bits per heavy atom. The summed E-state index contributed by atoms with van der Waals surface area (Å²) in [4.78, 5) is 0. The monoisotopic (exact) mass is 214 g/mol. The zero-order valence-electron chi connectivity index (χ0n) is 8.88. The first kappa shape index (κ1) is 10.9. The van der Waals surface area contributed by atoms with Crippen molar-refractivity contribution in [3.05, 3.63) is 12.8 Å². The SMILES string of the molecule is BC1OC2(COC)C(O)OC1C2OC=C. The minimum absolute atomic E-state index is 0.117. The van der Waals surface area contributed by atoms with Gasteiger partial charge in [-0.3, -0.25) is 0 Å². The molecule has 2 rings (SSSR count). The number of methoxy groups -OCH3 is 1. The van der Waals surface area contributed by atoms with Crippen molar-refractivity contribution >= 4 is 7.85 Å². The van der Waals surface area contributed by atoms with Crippen molar-refractivity contribution in [1.29, 1.82) is 0 Å². The summed E-state index contributed by atoms with van der Waals surface area (Å²) in [7, 11) is 3.43. The van der Waals surface area contributed by atoms with Crippen LogP contribution in [0.2, 0.25) is 0 Å². The third kappa shape index (κ3) is 1.40. The molecule has 84 valence electrons. The maximum atomic E-state index is 9.77. The van der Waals surface area contributed by atoms with Gasteiger partial charge in [0.1, 0.15) is 14.0 Å². The van der Waals surface area contributed by atoms with Crippen LogP contribution in [0.4, 0.5) is 0 Å². The minimum Gasteiger partial charge on any atom is -0.493 e. The molecule has 0 aromatic heterocycles. The van der Waals surface area contributed by atoms with E-state index in [1.165, 1.54) is 6.26 Å². The molecule has 6 heteroatoms. The van der Waals surface area contributed by atoms with Gasteiger partial charge in [0, 0.05) is 7.11 Å². The summed E-state index contributed by atoms with van der Waals surface area (Å²) in [5.41, 5.74) is -0.924. The highest BCUT2D eigenvalue weighted by Gasteiger charge is 2.66. The molecule has 0 spiro atoms. The summed E-state index contributed by atoms with van der Waals surface area (Å²) in [6.07, 6.45) is -0.304. The molecular weight excluding hydrogens is 199 g/mol. The summed E-state index contributed by atoms with van der Waals surface area (Å²) < 4.78 is 21.5. The van der Waals surface area contributed by atoms with Gasteiger partial charge in [-0.05, 0) is 0 Å². The molecular formula is C9H15BO5. The molecule has 5 unspecified atom stereocenters. The van der Waals surface area contributed by atoms with E-state index in [1.54, 1.807) is 7.11 Å². The average Bonchev–Trinajstić information content (AvgIpc) is 2.57. The van der Waals surface area contributed by atoms with Crippen molar-refractivity contribution in [2.24, 2.45) is 0 Å². The van der Waals surface area contributed by atoms with Gasteiger partial charge >= 0.3 is 0 Å². The molecule has 5 atom stereocenters. The number of rotatable bonds is 4. The predicted molar refractivity (Wildman–Crippen MR) is 54.0 cm³/mol. The predicted octanol–water partition coefficient (Wildman–Crippen LogP) is -1.39. The molecule has 2 saturated heterocycles. The summed E-state index contributed by atoms with van der Waals surface area (Å²) in [5, 5.41) is 9.77. The lowest BCUT2D eigenvalue weighted by Gasteiger charge is -2.33. The van der Waals surface area contributed by atoms with E-state index in [1.807, 2.05) is 7.85 Å². The van der Waals surface area contributed by atoms with Gasteiger partial charge < -0.3 is 24.1 Å². The second-order valence-corrected chi connectivity index (χ2v) is 3.89. The Balaban J connectivity index is 2.25. The zero-order chi connectivity index (χ0) is 11.1. The molecule has 0 aromatic rings. The largest absolute Gasteiger partial charge is 0.493 e. The first-order valence-corrected chi connectivity index (χ1v) is 4.92. The van der Waals surface area contributed by atoms with Gasteiger partial charge in [0.25, 0.3) is 0 Å². The number of hydrogen-bond acceptors (Lipinski definition) is 5. The molecule has 1 N–H and O–H groups in total. The van der Waals surface area contributed by atoms with Crippen molar-refractivity contribution in [1.82, 2.24) is 0 Å². The Bertz CT molecular complexity index is 261. The van der Waals surface area contributed by atoms with Gasteiger partial charge in [0.2, 0.25) is 0 Å². The molecule has 0 radical (unpaired) electrons. The van der Waals surface area contributed by atoms with Crippen LogP contribution < -0.4 is 0 Å². The molecule has 2 aliphatic heterocycles. The fourth-order valence-electron chi connectivity index (χ4n) is 2.36. The van der Waals surface area contributed by atoms with Crippen LogP contribution in [0, 0.1) is 0 Å². The molecule has 2 heterocycles. The number of ether oxygens (including phenoxy) is 4. The Kier molecular flexibility index (Phi) is 2.76. The second-order valence-electron chi connectivity index (χ2n) is 3.89. The van der Waals surface area contributed by atoms with E-state index in [0.29, 0.717) is 0 Å². The molecule has 0 amide bonds. The van der Waals surface area contributed by atoms with E-state index in [2.05, 4.69) is 6.58 Å². The highest BCUT2D eigenvalue weighted by Crippen LogP contribution is 2.44. The Morgan fingerprint density at radius 3 is 3.00 bits per heavy atom. The van der Waals surface area contributed by atoms with Crippen LogP contribution in [-0.2, 0) is 18.9 Å². The third-order valence-corrected chi connectivity index (χ3v) is 2.96. The third-order valence-electron chi connectivity index (χ3n) is 2.96. The first-order valence-electron chi connectivity index (χ1n) is 4.92. The maximum Gasteiger partial charge on any atom is 0.190 e. The van der Waals surface area contributed by atoms with Crippen LogP contribution in [0.1, 0.15) is 0 Å². The Morgan fingerprint density at radius 1 is 1.67 bits per heavy atom. The normalized spacial score (nSPS) is 48.1. The molecule has 5 nitrogen and oxygen atoms in total. The summed E-state index contributed by atoms with van der Waals surface area (Å²) in [5.74, 6) is 0. The van der Waals surface area contributed by atoms with Gasteiger partial charge in [-0.1, -0.05) is 6.58 Å². The fourth-order valence-corrected chi connectivity index (χ4v) is 2.36. The van der Waals surface area contributed by atoms with Gasteiger partial charge in [-0.15, -0.1) is 0 Å². The van der Waals surface area contributed by atoms with Crippen molar-refractivity contribution in [2.75, 3.05) is 13.7 Å². The summed E-state index contributed by atoms with van der Waals surface area (Å²) >= 11 is 0. The van der Waals surface area contributed by atoms with E-state index < -0.39 is 11.9 Å². The van der Waals surface area contributed by atoms with Crippen LogP contribution in [0.3, 0.4) is 0 Å². The van der Waals surface area contributed by atoms with E-state index in [9.17, 15) is 5.11 Å². The molecule has 15 heavy (non-hydrogen) atoms. The van der Waals surface area contributed by atoms with E-state index in [-0.39, 0.29) is 24.8 Å². The lowest BCUT2D eigenvalue weighted by Crippen LogP contribution is -2.52. The maximum absolute atomic E-state index is 9.77. The molecule has 2 fully saturated rings. The molecule has 0 saturated carbocycles. The van der Waals surface area contributed by atoms with Crippen LogP contribution in [0.5, 0.6) is 0 Å². The lowest BCUT2D eigenvalue weighted by molar-refractivity contribution is -0.255. The Labute approximate surface area is 89.4 Å². The Hall–Kier alpha value is -0.555. The highest BCUT2D eigenvalue weighted by molar-refractivity contribution is 6.11. The quantitative estimate of drug-likeness (QED) is 0.461. The molecule has 0 aliphatic carbocycles. The van der Waals surface area contributed by atoms with Crippen LogP contribution in [-0.4, -0.2) is 56.8 Å². The van der Waals surface area contributed by atoms with Crippen molar-refractivity contribution in [2.45, 2.75) is 30.1 Å². The van der Waals surface area contributed by atoms with Crippen molar-refractivity contribution < 1.29 is 24.1 Å². The molecule has 2 aliphatic rings. The number of fused-ring (bicyclic) bond motifs is 2. The minimum atomic E-state index is -1.01. The smallest absolute Gasteiger partial charge is 0.190 e. The van der Waals surface area contributed by atoms with Crippen LogP contribution in [0.25, 0.3) is 0 Å². The zero-order valence-corrected chi connectivity index (χ0v) is 8.88. The van der Waals surface area contributed by atoms with E-state index in [0.717, 1.165) is 0 Å². The van der Waals surface area contributed by atoms with Crippen LogP contribution >= 0.6 is 0 Å². The highest BCUT2D eigenvalue weighted by atomic mass is 16.7. The van der Waals surface area contributed by atoms with Gasteiger partial charge in [-0.2, -0.15) is 0 Å². The van der Waals surface area contributed by atoms with Gasteiger partial charge in [-0.25, -0.2) is 0 Å². The first-order chi connectivity index (χ1) is 7.15. The standard InChI is InChI=1S/C9H15BO5/c1-3-13-6-5-7(10)15-9(6,4-12-2)8(11)14-5/h3,5-8,11H,1,4,10H2,2H3. The topological polar surface area (TPSA) is 57.2 Å².